The third-order valence-corrected chi connectivity index (χ3v) is 7.26. The average molecular weight is 491 g/mol. The van der Waals surface area contributed by atoms with Gasteiger partial charge in [-0.15, -0.1) is 0 Å². The fourth-order valence-electron chi connectivity index (χ4n) is 5.07. The number of benzene rings is 2. The van der Waals surface area contributed by atoms with Crippen LogP contribution in [-0.4, -0.2) is 51.0 Å². The van der Waals surface area contributed by atoms with Gasteiger partial charge in [-0.1, -0.05) is 41.9 Å². The molecule has 35 heavy (non-hydrogen) atoms. The zero-order valence-electron chi connectivity index (χ0n) is 19.3. The number of likely N-dealkylation sites (tertiary alicyclic amines) is 1. The molecular formula is C27H27ClN4O3. The van der Waals surface area contributed by atoms with E-state index in [2.05, 4.69) is 14.9 Å². The molecule has 2 aliphatic heterocycles. The molecule has 1 aromatic heterocycles. The molecular weight excluding hydrogens is 464 g/mol. The monoisotopic (exact) mass is 490 g/mol. The summed E-state index contributed by atoms with van der Waals surface area (Å²) >= 11 is 6.40. The number of carboxylic acids is 1. The van der Waals surface area contributed by atoms with Crippen molar-refractivity contribution in [2.24, 2.45) is 0 Å². The van der Waals surface area contributed by atoms with Crippen LogP contribution in [0.1, 0.15) is 54.1 Å². The zero-order chi connectivity index (χ0) is 24.4. The third kappa shape index (κ3) is 4.73. The molecule has 1 amide bonds. The summed E-state index contributed by atoms with van der Waals surface area (Å²) in [4.78, 5) is 38.2. The Morgan fingerprint density at radius 1 is 0.886 bits per heavy atom. The summed E-state index contributed by atoms with van der Waals surface area (Å²) in [6.07, 6.45) is 8.13. The Morgan fingerprint density at radius 2 is 1.57 bits per heavy atom. The molecule has 2 atom stereocenters. The minimum absolute atomic E-state index is 0.317. The summed E-state index contributed by atoms with van der Waals surface area (Å²) < 4.78 is 0. The van der Waals surface area contributed by atoms with Gasteiger partial charge in [0.15, 0.2) is 0 Å². The van der Waals surface area contributed by atoms with E-state index in [4.69, 9.17) is 11.6 Å². The molecule has 5 rings (SSSR count). The van der Waals surface area contributed by atoms with Crippen molar-refractivity contribution >= 4 is 29.4 Å². The number of rotatable bonds is 5. The maximum absolute atomic E-state index is 13.5. The predicted octanol–water partition coefficient (Wildman–Crippen LogP) is 5.22. The highest BCUT2D eigenvalue weighted by molar-refractivity contribution is 6.31. The summed E-state index contributed by atoms with van der Waals surface area (Å²) in [6.45, 7) is 1.97. The molecule has 3 heterocycles. The highest BCUT2D eigenvalue weighted by atomic mass is 35.5. The van der Waals surface area contributed by atoms with Crippen LogP contribution < -0.4 is 4.90 Å². The first-order valence-electron chi connectivity index (χ1n) is 12.0. The summed E-state index contributed by atoms with van der Waals surface area (Å²) in [5, 5.41) is 10.3. The molecule has 7 nitrogen and oxygen atoms in total. The first-order valence-corrected chi connectivity index (χ1v) is 12.4. The fraction of sp³-hybridized carbons (Fsp3) is 0.333. The number of aromatic nitrogens is 2. The van der Waals surface area contributed by atoms with E-state index in [1.54, 1.807) is 18.2 Å². The van der Waals surface area contributed by atoms with E-state index in [1.165, 1.54) is 11.3 Å². The molecule has 3 aromatic rings. The Hall–Kier alpha value is -3.45. The van der Waals surface area contributed by atoms with Gasteiger partial charge < -0.3 is 14.9 Å². The zero-order valence-corrected chi connectivity index (χ0v) is 20.1. The van der Waals surface area contributed by atoms with Gasteiger partial charge in [0.25, 0.3) is 5.91 Å². The number of amides is 1. The largest absolute Gasteiger partial charge is 0.480 e. The van der Waals surface area contributed by atoms with Gasteiger partial charge >= 0.3 is 5.97 Å². The molecule has 8 heteroatoms. The van der Waals surface area contributed by atoms with Crippen molar-refractivity contribution in [1.82, 2.24) is 14.9 Å². The summed E-state index contributed by atoms with van der Waals surface area (Å²) in [7, 11) is 0. The standard InChI is InChI=1S/C27H27ClN4O3/c28-22-7-3-2-6-21(22)23-12-13-24(26(34)35)32(23)25(33)19-10-8-18(9-11-19)20-16-29-27(30-17-20)31-14-4-1-5-15-31/h2-3,6-11,16-17,23-24H,1,4-5,12-15H2,(H,34,35)/t23-,24+/m1/s1. The highest BCUT2D eigenvalue weighted by Gasteiger charge is 2.42. The van der Waals surface area contributed by atoms with Gasteiger partial charge in [0.2, 0.25) is 5.95 Å². The van der Waals surface area contributed by atoms with Crippen molar-refractivity contribution in [3.63, 3.8) is 0 Å². The van der Waals surface area contributed by atoms with Crippen molar-refractivity contribution in [1.29, 1.82) is 0 Å². The van der Waals surface area contributed by atoms with E-state index in [1.807, 2.05) is 42.7 Å². The van der Waals surface area contributed by atoms with Crippen molar-refractivity contribution in [3.8, 4) is 11.1 Å². The van der Waals surface area contributed by atoms with Crippen LogP contribution in [0.25, 0.3) is 11.1 Å². The van der Waals surface area contributed by atoms with Gasteiger partial charge in [0.05, 0.1) is 6.04 Å². The van der Waals surface area contributed by atoms with Crippen LogP contribution in [-0.2, 0) is 4.79 Å². The summed E-state index contributed by atoms with van der Waals surface area (Å²) in [5.74, 6) is -0.571. The van der Waals surface area contributed by atoms with Crippen molar-refractivity contribution in [2.45, 2.75) is 44.2 Å². The second-order valence-electron chi connectivity index (χ2n) is 9.08. The number of nitrogens with zero attached hydrogens (tertiary/aromatic N) is 4. The van der Waals surface area contributed by atoms with Crippen molar-refractivity contribution in [3.05, 3.63) is 77.1 Å². The lowest BCUT2D eigenvalue weighted by Gasteiger charge is -2.29. The molecule has 0 saturated carbocycles. The second kappa shape index (κ2) is 10.0. The smallest absolute Gasteiger partial charge is 0.326 e. The number of piperidine rings is 1. The summed E-state index contributed by atoms with van der Waals surface area (Å²) in [5.41, 5.74) is 2.97. The maximum Gasteiger partial charge on any atom is 0.326 e. The normalized spacial score (nSPS) is 20.1. The Bertz CT molecular complexity index is 1210. The molecule has 1 N–H and O–H groups in total. The topological polar surface area (TPSA) is 86.6 Å². The molecule has 0 bridgehead atoms. The molecule has 2 fully saturated rings. The van der Waals surface area contributed by atoms with E-state index in [0.29, 0.717) is 23.4 Å². The number of hydrogen-bond acceptors (Lipinski definition) is 5. The van der Waals surface area contributed by atoms with Crippen LogP contribution in [0.2, 0.25) is 5.02 Å². The molecule has 0 radical (unpaired) electrons. The van der Waals surface area contributed by atoms with E-state index in [9.17, 15) is 14.7 Å². The third-order valence-electron chi connectivity index (χ3n) is 6.91. The Morgan fingerprint density at radius 3 is 2.23 bits per heavy atom. The van der Waals surface area contributed by atoms with Crippen LogP contribution in [0.3, 0.4) is 0 Å². The molecule has 0 unspecified atom stereocenters. The molecule has 2 saturated heterocycles. The minimum Gasteiger partial charge on any atom is -0.480 e. The van der Waals surface area contributed by atoms with Gasteiger partial charge in [-0.25, -0.2) is 14.8 Å². The molecule has 2 aliphatic rings. The van der Waals surface area contributed by atoms with Gasteiger partial charge in [0, 0.05) is 41.6 Å². The van der Waals surface area contributed by atoms with Crippen molar-refractivity contribution in [2.75, 3.05) is 18.0 Å². The maximum atomic E-state index is 13.5. The van der Waals surface area contributed by atoms with Gasteiger partial charge in [-0.3, -0.25) is 4.79 Å². The number of carbonyl (C=O) groups is 2. The lowest BCUT2D eigenvalue weighted by molar-refractivity contribution is -0.141. The van der Waals surface area contributed by atoms with Crippen LogP contribution in [0, 0.1) is 0 Å². The van der Waals surface area contributed by atoms with Crippen LogP contribution in [0.4, 0.5) is 5.95 Å². The van der Waals surface area contributed by atoms with Crippen LogP contribution in [0.5, 0.6) is 0 Å². The number of carboxylic acid groups (broad SMARTS) is 1. The number of hydrogen-bond donors (Lipinski definition) is 1. The fourth-order valence-corrected chi connectivity index (χ4v) is 5.33. The van der Waals surface area contributed by atoms with E-state index >= 15 is 0 Å². The Labute approximate surface area is 209 Å². The number of halogens is 1. The van der Waals surface area contributed by atoms with E-state index < -0.39 is 12.0 Å². The lowest BCUT2D eigenvalue weighted by atomic mass is 10.0. The van der Waals surface area contributed by atoms with Gasteiger partial charge in [0.1, 0.15) is 6.04 Å². The predicted molar refractivity (Wildman–Crippen MR) is 135 cm³/mol. The molecule has 0 spiro atoms. The van der Waals surface area contributed by atoms with Crippen molar-refractivity contribution < 1.29 is 14.7 Å². The molecule has 180 valence electrons. The van der Waals surface area contributed by atoms with Crippen LogP contribution in [0.15, 0.2) is 60.9 Å². The highest BCUT2D eigenvalue weighted by Crippen LogP contribution is 2.40. The summed E-state index contributed by atoms with van der Waals surface area (Å²) in [6, 6.07) is 13.2. The van der Waals surface area contributed by atoms with Gasteiger partial charge in [-0.05, 0) is 61.4 Å². The molecule has 2 aromatic carbocycles. The first-order chi connectivity index (χ1) is 17.0. The van der Waals surface area contributed by atoms with E-state index in [-0.39, 0.29) is 11.9 Å². The average Bonchev–Trinajstić information content (AvgIpc) is 3.35. The molecule has 0 aliphatic carbocycles. The van der Waals surface area contributed by atoms with Gasteiger partial charge in [-0.2, -0.15) is 0 Å². The number of aliphatic carboxylic acids is 1. The van der Waals surface area contributed by atoms with E-state index in [0.717, 1.165) is 48.6 Å². The quantitative estimate of drug-likeness (QED) is 0.527. The lowest BCUT2D eigenvalue weighted by Crippen LogP contribution is -2.41. The SMILES string of the molecule is O=C(O)[C@@H]1CC[C@H](c2ccccc2Cl)N1C(=O)c1ccc(-c2cnc(N3CCCCC3)nc2)cc1. The minimum atomic E-state index is -1.00. The Kier molecular flexibility index (Phi) is 6.68. The second-order valence-corrected chi connectivity index (χ2v) is 9.49. The first kappa shape index (κ1) is 23.3. The number of anilines is 1. The van der Waals surface area contributed by atoms with Crippen LogP contribution >= 0.6 is 11.6 Å². The Balaban J connectivity index is 1.37. The number of carbonyl (C=O) groups excluding carboxylic acids is 1.